The Morgan fingerprint density at radius 2 is 1.96 bits per heavy atom. The zero-order valence-electron chi connectivity index (χ0n) is 13.1. The minimum Gasteiger partial charge on any atom is -0.379 e. The fraction of sp³-hybridized carbons (Fsp3) is 0.462. The SMILES string of the molecule is CN(C)P(=O)(N/N=C/c1ccc([N+](=O)[O-])cc1)N1CCOCC1. The van der Waals surface area contributed by atoms with Crippen molar-refractivity contribution in [3.05, 3.63) is 39.9 Å². The van der Waals surface area contributed by atoms with Gasteiger partial charge in [-0.25, -0.2) is 14.5 Å². The van der Waals surface area contributed by atoms with Crippen molar-refractivity contribution in [2.24, 2.45) is 5.10 Å². The first-order valence-corrected chi connectivity index (χ1v) is 8.70. The van der Waals surface area contributed by atoms with Gasteiger partial charge >= 0.3 is 7.59 Å². The molecule has 1 unspecified atom stereocenters. The highest BCUT2D eigenvalue weighted by Crippen LogP contribution is 2.47. The number of hydrazone groups is 1. The van der Waals surface area contributed by atoms with Crippen LogP contribution in [0.2, 0.25) is 0 Å². The molecule has 126 valence electrons. The first-order valence-electron chi connectivity index (χ1n) is 7.09. The Balaban J connectivity index is 2.05. The summed E-state index contributed by atoms with van der Waals surface area (Å²) in [6.07, 6.45) is 1.49. The summed E-state index contributed by atoms with van der Waals surface area (Å²) >= 11 is 0. The Kier molecular flexibility index (Phi) is 5.84. The lowest BCUT2D eigenvalue weighted by molar-refractivity contribution is -0.384. The van der Waals surface area contributed by atoms with Crippen LogP contribution in [-0.4, -0.2) is 60.9 Å². The quantitative estimate of drug-likeness (QED) is 0.362. The Hall–Kier alpha value is -1.80. The molecule has 10 heteroatoms. The molecule has 0 aromatic heterocycles. The number of hydrogen-bond donors (Lipinski definition) is 1. The van der Waals surface area contributed by atoms with E-state index in [0.29, 0.717) is 31.9 Å². The standard InChI is InChI=1S/C13H20N5O4P/c1-16(2)23(21,17-7-9-22-10-8-17)15-14-11-12-3-5-13(6-4-12)18(19)20/h3-6,11H,7-10H2,1-2H3,(H,15,21)/b14-11+. The summed E-state index contributed by atoms with van der Waals surface area (Å²) in [5.41, 5.74) is 0.692. The van der Waals surface area contributed by atoms with Crippen molar-refractivity contribution in [3.8, 4) is 0 Å². The van der Waals surface area contributed by atoms with E-state index in [-0.39, 0.29) is 5.69 Å². The Morgan fingerprint density at radius 1 is 1.35 bits per heavy atom. The Labute approximate surface area is 134 Å². The van der Waals surface area contributed by atoms with E-state index in [1.54, 1.807) is 30.9 Å². The highest BCUT2D eigenvalue weighted by Gasteiger charge is 2.34. The second kappa shape index (κ2) is 7.65. The minimum absolute atomic E-state index is 0.0161. The molecule has 23 heavy (non-hydrogen) atoms. The van der Waals surface area contributed by atoms with Crippen LogP contribution < -0.4 is 5.20 Å². The smallest absolute Gasteiger partial charge is 0.323 e. The van der Waals surface area contributed by atoms with Gasteiger partial charge in [-0.05, 0) is 31.8 Å². The number of benzene rings is 1. The number of nitro groups is 1. The van der Waals surface area contributed by atoms with Gasteiger partial charge in [0, 0.05) is 25.2 Å². The van der Waals surface area contributed by atoms with Crippen molar-refractivity contribution in [1.82, 2.24) is 14.5 Å². The van der Waals surface area contributed by atoms with Crippen LogP contribution in [-0.2, 0) is 9.30 Å². The largest absolute Gasteiger partial charge is 0.379 e. The van der Waals surface area contributed by atoms with Crippen LogP contribution in [0.1, 0.15) is 5.56 Å². The molecule has 2 rings (SSSR count). The molecule has 1 N–H and O–H groups in total. The summed E-state index contributed by atoms with van der Waals surface area (Å²) in [7, 11) is 0.455. The molecule has 0 spiro atoms. The van der Waals surface area contributed by atoms with Gasteiger partial charge in [0.25, 0.3) is 5.69 Å². The van der Waals surface area contributed by atoms with Crippen LogP contribution >= 0.6 is 7.59 Å². The van der Waals surface area contributed by atoms with Gasteiger partial charge in [0.1, 0.15) is 0 Å². The molecule has 1 fully saturated rings. The number of nitro benzene ring substituents is 1. The second-order valence-electron chi connectivity index (χ2n) is 5.16. The summed E-state index contributed by atoms with van der Waals surface area (Å²) in [6, 6.07) is 5.96. The monoisotopic (exact) mass is 341 g/mol. The van der Waals surface area contributed by atoms with E-state index < -0.39 is 12.5 Å². The maximum Gasteiger partial charge on any atom is 0.323 e. The third kappa shape index (κ3) is 4.35. The molecule has 1 saturated heterocycles. The van der Waals surface area contributed by atoms with E-state index in [0.717, 1.165) is 0 Å². The van der Waals surface area contributed by atoms with Gasteiger partial charge in [0.15, 0.2) is 0 Å². The lowest BCUT2D eigenvalue weighted by atomic mass is 10.2. The molecule has 1 aliphatic heterocycles. The number of nitrogens with one attached hydrogen (secondary N) is 1. The number of morpholine rings is 1. The number of nitrogens with zero attached hydrogens (tertiary/aromatic N) is 4. The van der Waals surface area contributed by atoms with E-state index in [1.807, 2.05) is 4.67 Å². The third-order valence-corrected chi connectivity index (χ3v) is 6.05. The average molecular weight is 341 g/mol. The number of rotatable bonds is 6. The first-order chi connectivity index (χ1) is 10.9. The maximum absolute atomic E-state index is 13.1. The normalized spacial score (nSPS) is 18.9. The predicted molar refractivity (Wildman–Crippen MR) is 87.5 cm³/mol. The molecule has 1 aliphatic rings. The van der Waals surface area contributed by atoms with E-state index >= 15 is 0 Å². The third-order valence-electron chi connectivity index (χ3n) is 3.42. The molecule has 9 nitrogen and oxygen atoms in total. The Morgan fingerprint density at radius 3 is 2.48 bits per heavy atom. The van der Waals surface area contributed by atoms with Crippen molar-refractivity contribution >= 4 is 19.5 Å². The van der Waals surface area contributed by atoms with Gasteiger partial charge in [-0.1, -0.05) is 0 Å². The highest BCUT2D eigenvalue weighted by molar-refractivity contribution is 7.56. The fourth-order valence-corrected chi connectivity index (χ4v) is 3.82. The van der Waals surface area contributed by atoms with Crippen LogP contribution in [0.25, 0.3) is 0 Å². The zero-order valence-corrected chi connectivity index (χ0v) is 14.0. The summed E-state index contributed by atoms with van der Waals surface area (Å²) in [5, 5.41) is 17.4. The molecule has 0 amide bonds. The zero-order chi connectivity index (χ0) is 16.9. The van der Waals surface area contributed by atoms with Gasteiger partial charge in [0.05, 0.1) is 24.4 Å². The molecule has 0 radical (unpaired) electrons. The fourth-order valence-electron chi connectivity index (χ4n) is 2.09. The van der Waals surface area contributed by atoms with Crippen molar-refractivity contribution in [3.63, 3.8) is 0 Å². The molecule has 1 heterocycles. The minimum atomic E-state index is -3.00. The van der Waals surface area contributed by atoms with Crippen molar-refractivity contribution < 1.29 is 14.2 Å². The van der Waals surface area contributed by atoms with Gasteiger partial charge < -0.3 is 4.74 Å². The molecule has 1 aromatic rings. The van der Waals surface area contributed by atoms with Gasteiger partial charge in [-0.3, -0.25) is 14.7 Å². The van der Waals surface area contributed by atoms with Crippen LogP contribution in [0.15, 0.2) is 29.4 Å². The van der Waals surface area contributed by atoms with Crippen LogP contribution in [0.4, 0.5) is 5.69 Å². The topological polar surface area (TPSA) is 100 Å². The molecule has 1 aromatic carbocycles. The van der Waals surface area contributed by atoms with Gasteiger partial charge in [0.2, 0.25) is 0 Å². The molecular formula is C13H20N5O4P. The van der Waals surface area contributed by atoms with Gasteiger partial charge in [-0.15, -0.1) is 0 Å². The summed E-state index contributed by atoms with van der Waals surface area (Å²) in [6.45, 7) is 2.20. The molecule has 0 bridgehead atoms. The maximum atomic E-state index is 13.1. The second-order valence-corrected chi connectivity index (χ2v) is 7.82. The lowest BCUT2D eigenvalue weighted by Crippen LogP contribution is -2.40. The number of hydrogen-bond acceptors (Lipinski definition) is 5. The van der Waals surface area contributed by atoms with E-state index in [4.69, 9.17) is 4.74 Å². The Bertz CT molecular complexity index is 613. The average Bonchev–Trinajstić information content (AvgIpc) is 2.55. The van der Waals surface area contributed by atoms with E-state index in [2.05, 4.69) is 10.3 Å². The van der Waals surface area contributed by atoms with Gasteiger partial charge in [-0.2, -0.15) is 5.10 Å². The van der Waals surface area contributed by atoms with Crippen molar-refractivity contribution in [2.75, 3.05) is 40.4 Å². The molecular weight excluding hydrogens is 321 g/mol. The summed E-state index contributed by atoms with van der Waals surface area (Å²) in [5.74, 6) is 0. The highest BCUT2D eigenvalue weighted by atomic mass is 31.2. The number of non-ortho nitro benzene ring substituents is 1. The van der Waals surface area contributed by atoms with Crippen LogP contribution in [0.3, 0.4) is 0 Å². The number of ether oxygens (including phenoxy) is 1. The van der Waals surface area contributed by atoms with Crippen molar-refractivity contribution in [1.29, 1.82) is 0 Å². The van der Waals surface area contributed by atoms with E-state index in [9.17, 15) is 14.7 Å². The predicted octanol–water partition coefficient (Wildman–Crippen LogP) is 1.52. The lowest BCUT2D eigenvalue weighted by Gasteiger charge is -2.36. The van der Waals surface area contributed by atoms with Crippen LogP contribution in [0.5, 0.6) is 0 Å². The molecule has 0 aliphatic carbocycles. The molecule has 1 atom stereocenters. The van der Waals surface area contributed by atoms with Crippen LogP contribution in [0, 0.1) is 10.1 Å². The molecule has 0 saturated carbocycles. The summed E-state index contributed by atoms with van der Waals surface area (Å²) < 4.78 is 21.8. The van der Waals surface area contributed by atoms with E-state index in [1.165, 1.54) is 18.3 Å². The first kappa shape index (κ1) is 17.6. The summed E-state index contributed by atoms with van der Waals surface area (Å²) in [4.78, 5) is 10.1. The van der Waals surface area contributed by atoms with Crippen molar-refractivity contribution in [2.45, 2.75) is 0 Å².